The Morgan fingerprint density at radius 3 is 2.75 bits per heavy atom. The van der Waals surface area contributed by atoms with E-state index in [9.17, 15) is 9.90 Å². The van der Waals surface area contributed by atoms with Crippen LogP contribution >= 0.6 is 0 Å². The van der Waals surface area contributed by atoms with E-state index in [0.717, 1.165) is 19.3 Å². The average molecular weight is 283 g/mol. The fourth-order valence-electron chi connectivity index (χ4n) is 3.28. The van der Waals surface area contributed by atoms with Gasteiger partial charge >= 0.3 is 6.09 Å². The molecule has 0 aromatic carbocycles. The van der Waals surface area contributed by atoms with Gasteiger partial charge in [0.2, 0.25) is 0 Å². The van der Waals surface area contributed by atoms with Gasteiger partial charge in [0, 0.05) is 12.1 Å². The van der Waals surface area contributed by atoms with Gasteiger partial charge in [-0.1, -0.05) is 19.4 Å². The van der Waals surface area contributed by atoms with E-state index in [-0.39, 0.29) is 30.1 Å². The molecule has 0 heterocycles. The lowest BCUT2D eigenvalue weighted by atomic mass is 9.77. The molecule has 0 unspecified atom stereocenters. The molecule has 1 aliphatic rings. The van der Waals surface area contributed by atoms with Crippen molar-refractivity contribution >= 4 is 6.09 Å². The fourth-order valence-corrected chi connectivity index (χ4v) is 3.28. The summed E-state index contributed by atoms with van der Waals surface area (Å²) in [6, 6.07) is 0. The Morgan fingerprint density at radius 2 is 2.25 bits per heavy atom. The summed E-state index contributed by atoms with van der Waals surface area (Å²) in [6.45, 7) is 11.6. The minimum absolute atomic E-state index is 0.138. The van der Waals surface area contributed by atoms with E-state index in [4.69, 9.17) is 4.74 Å². The van der Waals surface area contributed by atoms with Crippen LogP contribution in [0.1, 0.15) is 53.4 Å². The Balaban J connectivity index is 2.86. The molecule has 1 rings (SSSR count). The molecule has 4 nitrogen and oxygen atoms in total. The van der Waals surface area contributed by atoms with Crippen molar-refractivity contribution < 1.29 is 14.6 Å². The number of ether oxygens (including phenoxy) is 1. The van der Waals surface area contributed by atoms with Crippen LogP contribution < -0.4 is 5.32 Å². The number of rotatable bonds is 5. The second-order valence-electron chi connectivity index (χ2n) is 6.93. The van der Waals surface area contributed by atoms with Crippen LogP contribution in [0.5, 0.6) is 0 Å². The summed E-state index contributed by atoms with van der Waals surface area (Å²) in [6.07, 6.45) is 5.16. The monoisotopic (exact) mass is 283 g/mol. The maximum Gasteiger partial charge on any atom is 0.408 e. The first kappa shape index (κ1) is 17.0. The molecule has 0 radical (unpaired) electrons. The maximum absolute atomic E-state index is 12.1. The van der Waals surface area contributed by atoms with Crippen molar-refractivity contribution in [2.24, 2.45) is 11.8 Å². The predicted molar refractivity (Wildman–Crippen MR) is 80.5 cm³/mol. The zero-order valence-electron chi connectivity index (χ0n) is 13.2. The lowest BCUT2D eigenvalue weighted by molar-refractivity contribution is 0.0378. The number of nitrogens with one attached hydrogen (secondary N) is 1. The molecule has 0 saturated heterocycles. The van der Waals surface area contributed by atoms with Crippen LogP contribution in [-0.4, -0.2) is 28.9 Å². The smallest absolute Gasteiger partial charge is 0.408 e. The molecular formula is C16H29NO3. The summed E-state index contributed by atoms with van der Waals surface area (Å²) in [7, 11) is 0. The first-order valence-corrected chi connectivity index (χ1v) is 7.47. The number of hydrogen-bond acceptors (Lipinski definition) is 3. The van der Waals surface area contributed by atoms with Crippen LogP contribution in [0.25, 0.3) is 0 Å². The van der Waals surface area contributed by atoms with Crippen molar-refractivity contribution in [2.75, 3.05) is 6.61 Å². The van der Waals surface area contributed by atoms with Crippen LogP contribution in [0.3, 0.4) is 0 Å². The topological polar surface area (TPSA) is 58.6 Å². The van der Waals surface area contributed by atoms with E-state index in [1.54, 1.807) is 0 Å². The van der Waals surface area contributed by atoms with E-state index in [0.29, 0.717) is 6.42 Å². The number of amides is 1. The summed E-state index contributed by atoms with van der Waals surface area (Å²) < 4.78 is 5.39. The normalized spacial score (nSPS) is 27.9. The van der Waals surface area contributed by atoms with E-state index in [1.807, 2.05) is 33.8 Å². The van der Waals surface area contributed by atoms with Gasteiger partial charge in [-0.15, -0.1) is 6.58 Å². The van der Waals surface area contributed by atoms with Crippen molar-refractivity contribution in [2.45, 2.75) is 64.5 Å². The molecule has 2 N–H and O–H groups in total. The highest BCUT2D eigenvalue weighted by molar-refractivity contribution is 5.69. The molecule has 4 heteroatoms. The predicted octanol–water partition coefficient (Wildman–Crippen LogP) is 3.25. The van der Waals surface area contributed by atoms with E-state index in [2.05, 4.69) is 11.9 Å². The number of aliphatic hydroxyl groups excluding tert-OH is 1. The van der Waals surface area contributed by atoms with Crippen LogP contribution in [0.2, 0.25) is 0 Å². The van der Waals surface area contributed by atoms with Gasteiger partial charge in [0.15, 0.2) is 0 Å². The third-order valence-corrected chi connectivity index (χ3v) is 4.08. The molecule has 0 bridgehead atoms. The third kappa shape index (κ3) is 4.23. The van der Waals surface area contributed by atoms with Gasteiger partial charge in [0.05, 0.1) is 0 Å². The Hall–Kier alpha value is -1.03. The molecule has 0 spiro atoms. The molecule has 20 heavy (non-hydrogen) atoms. The Kier molecular flexibility index (Phi) is 5.63. The molecule has 0 aromatic heterocycles. The minimum atomic E-state index is -0.504. The lowest BCUT2D eigenvalue weighted by Gasteiger charge is -2.39. The molecule has 1 amide bonds. The standard InChI is InChI=1S/C16H29NO3/c1-6-9-16(17-14(19)20-15(3,4)5)10-7-8-13(16)12(2)11-18/h6,12-13,18H,1,7-11H2,2-5H3,(H,17,19)/t12-,13+,16+/m0/s1. The highest BCUT2D eigenvalue weighted by Crippen LogP contribution is 2.42. The van der Waals surface area contributed by atoms with E-state index >= 15 is 0 Å². The lowest BCUT2D eigenvalue weighted by Crippen LogP contribution is -2.54. The number of alkyl carbamates (subject to hydrolysis) is 1. The number of aliphatic hydroxyl groups is 1. The second kappa shape index (κ2) is 6.61. The van der Waals surface area contributed by atoms with Gasteiger partial charge in [-0.3, -0.25) is 0 Å². The second-order valence-corrected chi connectivity index (χ2v) is 6.93. The summed E-state index contributed by atoms with van der Waals surface area (Å²) in [5.74, 6) is 0.422. The SMILES string of the molecule is C=CC[C@@]1(NC(=O)OC(C)(C)C)CCC[C@@H]1[C@@H](C)CO. The average Bonchev–Trinajstić information content (AvgIpc) is 2.69. The number of carbonyl (C=O) groups excluding carboxylic acids is 1. The highest BCUT2D eigenvalue weighted by Gasteiger charge is 2.45. The van der Waals surface area contributed by atoms with Crippen LogP contribution in [-0.2, 0) is 4.74 Å². The molecule has 1 fully saturated rings. The Bertz CT molecular complexity index is 348. The third-order valence-electron chi connectivity index (χ3n) is 4.08. The minimum Gasteiger partial charge on any atom is -0.444 e. The zero-order valence-corrected chi connectivity index (χ0v) is 13.2. The summed E-state index contributed by atoms with van der Waals surface area (Å²) in [4.78, 5) is 12.1. The molecule has 0 aliphatic heterocycles. The first-order chi connectivity index (χ1) is 9.24. The van der Waals surface area contributed by atoms with Crippen molar-refractivity contribution in [3.8, 4) is 0 Å². The van der Waals surface area contributed by atoms with Crippen LogP contribution in [0.15, 0.2) is 12.7 Å². The molecule has 0 aromatic rings. The van der Waals surface area contributed by atoms with Gasteiger partial charge in [-0.2, -0.15) is 0 Å². The molecule has 1 aliphatic carbocycles. The summed E-state index contributed by atoms with van der Waals surface area (Å²) in [5.41, 5.74) is -0.831. The molecular weight excluding hydrogens is 254 g/mol. The van der Waals surface area contributed by atoms with Crippen molar-refractivity contribution in [1.29, 1.82) is 0 Å². The van der Waals surface area contributed by atoms with Crippen LogP contribution in [0.4, 0.5) is 4.79 Å². The zero-order chi connectivity index (χ0) is 15.4. The van der Waals surface area contributed by atoms with Crippen molar-refractivity contribution in [3.63, 3.8) is 0 Å². The molecule has 1 saturated carbocycles. The summed E-state index contributed by atoms with van der Waals surface area (Å²) in [5, 5.41) is 12.5. The maximum atomic E-state index is 12.1. The Morgan fingerprint density at radius 1 is 1.60 bits per heavy atom. The van der Waals surface area contributed by atoms with Gasteiger partial charge in [0.25, 0.3) is 0 Å². The van der Waals surface area contributed by atoms with Gasteiger partial charge in [-0.05, 0) is 51.9 Å². The first-order valence-electron chi connectivity index (χ1n) is 7.47. The molecule has 116 valence electrons. The number of hydrogen-bond donors (Lipinski definition) is 2. The summed E-state index contributed by atoms with van der Waals surface area (Å²) >= 11 is 0. The van der Waals surface area contributed by atoms with Gasteiger partial charge in [-0.25, -0.2) is 4.79 Å². The van der Waals surface area contributed by atoms with Gasteiger partial charge in [0.1, 0.15) is 5.60 Å². The number of carbonyl (C=O) groups is 1. The highest BCUT2D eigenvalue weighted by atomic mass is 16.6. The fraction of sp³-hybridized carbons (Fsp3) is 0.812. The van der Waals surface area contributed by atoms with E-state index < -0.39 is 5.60 Å². The van der Waals surface area contributed by atoms with Gasteiger partial charge < -0.3 is 15.2 Å². The van der Waals surface area contributed by atoms with Crippen molar-refractivity contribution in [3.05, 3.63) is 12.7 Å². The molecule has 3 atom stereocenters. The van der Waals surface area contributed by atoms with Crippen LogP contribution in [0, 0.1) is 11.8 Å². The Labute approximate surface area is 122 Å². The largest absolute Gasteiger partial charge is 0.444 e. The van der Waals surface area contributed by atoms with E-state index in [1.165, 1.54) is 0 Å². The quantitative estimate of drug-likeness (QED) is 0.761. The van der Waals surface area contributed by atoms with Crippen molar-refractivity contribution in [1.82, 2.24) is 5.32 Å².